The minimum Gasteiger partial charge on any atom is -0.376 e. The average molecular weight is 274 g/mol. The Morgan fingerprint density at radius 2 is 1.84 bits per heavy atom. The van der Waals surface area contributed by atoms with Crippen LogP contribution in [0.3, 0.4) is 0 Å². The Bertz CT molecular complexity index is 623. The molecule has 1 aliphatic rings. The van der Waals surface area contributed by atoms with E-state index >= 15 is 0 Å². The molecule has 0 aliphatic carbocycles. The number of rotatable bonds is 2. The zero-order valence-corrected chi connectivity index (χ0v) is 11.8. The van der Waals surface area contributed by atoms with Crippen LogP contribution < -0.4 is 15.5 Å². The zero-order valence-electron chi connectivity index (χ0n) is 11.0. The Morgan fingerprint density at radius 3 is 2.63 bits per heavy atom. The predicted octanol–water partition coefficient (Wildman–Crippen LogP) is 3.87. The molecule has 0 bridgehead atoms. The van der Waals surface area contributed by atoms with Crippen molar-refractivity contribution in [3.8, 4) is 11.1 Å². The van der Waals surface area contributed by atoms with Crippen LogP contribution >= 0.6 is 11.6 Å². The second kappa shape index (κ2) is 4.67. The van der Waals surface area contributed by atoms with E-state index in [4.69, 9.17) is 11.6 Å². The van der Waals surface area contributed by atoms with Crippen LogP contribution in [0, 0.1) is 0 Å². The number of fused-ring (bicyclic) bond motifs is 1. The highest BCUT2D eigenvalue weighted by atomic mass is 35.5. The molecular formula is C15H16ClN3. The van der Waals surface area contributed by atoms with E-state index in [9.17, 15) is 0 Å². The van der Waals surface area contributed by atoms with Crippen LogP contribution in [0.2, 0.25) is 5.02 Å². The van der Waals surface area contributed by atoms with Gasteiger partial charge in [-0.15, -0.1) is 0 Å². The quantitative estimate of drug-likeness (QED) is 0.870. The first-order valence-corrected chi connectivity index (χ1v) is 6.62. The topological polar surface area (TPSA) is 27.3 Å². The van der Waals surface area contributed by atoms with Crippen LogP contribution in [-0.4, -0.2) is 20.8 Å². The van der Waals surface area contributed by atoms with Crippen molar-refractivity contribution >= 4 is 28.7 Å². The summed E-state index contributed by atoms with van der Waals surface area (Å²) in [5, 5.41) is 7.36. The highest BCUT2D eigenvalue weighted by molar-refractivity contribution is 6.36. The van der Waals surface area contributed by atoms with Gasteiger partial charge >= 0.3 is 0 Å². The zero-order chi connectivity index (χ0) is 13.4. The van der Waals surface area contributed by atoms with Crippen LogP contribution in [0.15, 0.2) is 36.4 Å². The van der Waals surface area contributed by atoms with E-state index in [1.807, 2.05) is 31.1 Å². The van der Waals surface area contributed by atoms with Crippen molar-refractivity contribution in [3.05, 3.63) is 41.4 Å². The third-order valence-electron chi connectivity index (χ3n) is 3.35. The largest absolute Gasteiger partial charge is 0.376 e. The van der Waals surface area contributed by atoms with Gasteiger partial charge in [0.2, 0.25) is 0 Å². The summed E-state index contributed by atoms with van der Waals surface area (Å²) < 4.78 is 0. The summed E-state index contributed by atoms with van der Waals surface area (Å²) in [5.41, 5.74) is 5.49. The normalized spacial score (nSPS) is 12.6. The molecule has 2 aromatic carbocycles. The fraction of sp³-hybridized carbons (Fsp3) is 0.200. The molecule has 1 heterocycles. The average Bonchev–Trinajstić information content (AvgIpc) is 2.85. The summed E-state index contributed by atoms with van der Waals surface area (Å²) in [6.45, 7) is 0.782. The second-order valence-electron chi connectivity index (χ2n) is 4.82. The third kappa shape index (κ3) is 2.10. The van der Waals surface area contributed by atoms with Gasteiger partial charge in [-0.3, -0.25) is 0 Å². The smallest absolute Gasteiger partial charge is 0.0850 e. The van der Waals surface area contributed by atoms with Crippen molar-refractivity contribution in [1.82, 2.24) is 0 Å². The van der Waals surface area contributed by atoms with Gasteiger partial charge in [0.05, 0.1) is 28.8 Å². The summed E-state index contributed by atoms with van der Waals surface area (Å²) >= 11 is 6.51. The lowest BCUT2D eigenvalue weighted by Gasteiger charge is -2.17. The number of nitrogens with one attached hydrogen (secondary N) is 2. The van der Waals surface area contributed by atoms with Crippen molar-refractivity contribution < 1.29 is 0 Å². The first kappa shape index (κ1) is 12.2. The van der Waals surface area contributed by atoms with Gasteiger partial charge in [-0.2, -0.15) is 0 Å². The Balaban J connectivity index is 2.10. The van der Waals surface area contributed by atoms with Crippen LogP contribution in [0.1, 0.15) is 0 Å². The molecule has 98 valence electrons. The number of hydrogen-bond donors (Lipinski definition) is 2. The lowest BCUT2D eigenvalue weighted by atomic mass is 10.0. The van der Waals surface area contributed by atoms with Crippen molar-refractivity contribution in [2.24, 2.45) is 0 Å². The molecule has 0 aromatic heterocycles. The predicted molar refractivity (Wildman–Crippen MR) is 83.3 cm³/mol. The minimum absolute atomic E-state index is 0.782. The fourth-order valence-electron chi connectivity index (χ4n) is 2.33. The van der Waals surface area contributed by atoms with E-state index in [0.717, 1.165) is 39.9 Å². The summed E-state index contributed by atoms with van der Waals surface area (Å²) in [4.78, 5) is 2.03. The second-order valence-corrected chi connectivity index (χ2v) is 5.20. The van der Waals surface area contributed by atoms with Gasteiger partial charge in [-0.05, 0) is 23.8 Å². The summed E-state index contributed by atoms with van der Waals surface area (Å²) in [6, 6.07) is 12.4. The van der Waals surface area contributed by atoms with Crippen molar-refractivity contribution in [2.75, 3.05) is 36.3 Å². The van der Waals surface area contributed by atoms with E-state index in [0.29, 0.717) is 0 Å². The van der Waals surface area contributed by atoms with Crippen LogP contribution in [0.5, 0.6) is 0 Å². The molecule has 3 nitrogen and oxygen atoms in total. The Labute approximate surface area is 118 Å². The lowest BCUT2D eigenvalue weighted by Crippen LogP contribution is -2.09. The molecule has 0 spiro atoms. The molecule has 0 unspecified atom stereocenters. The monoisotopic (exact) mass is 273 g/mol. The highest BCUT2D eigenvalue weighted by Gasteiger charge is 2.13. The number of nitrogens with zero attached hydrogens (tertiary/aromatic N) is 1. The highest BCUT2D eigenvalue weighted by Crippen LogP contribution is 2.38. The molecule has 4 heteroatoms. The van der Waals surface area contributed by atoms with Gasteiger partial charge in [0.1, 0.15) is 0 Å². The van der Waals surface area contributed by atoms with E-state index in [1.54, 1.807) is 0 Å². The third-order valence-corrected chi connectivity index (χ3v) is 3.75. The van der Waals surface area contributed by atoms with Gasteiger partial charge in [0.15, 0.2) is 0 Å². The van der Waals surface area contributed by atoms with Crippen molar-refractivity contribution in [3.63, 3.8) is 0 Å². The Hall–Kier alpha value is -1.87. The van der Waals surface area contributed by atoms with Gasteiger partial charge in [0.25, 0.3) is 0 Å². The molecule has 2 N–H and O–H groups in total. The standard InChI is InChI=1S/C15H16ClN3/c1-19(2)14-5-3-4-11(15(14)16)10-6-7-12-13(8-10)18-9-17-12/h3-8,17-18H,9H2,1-2H3. The van der Waals surface area contributed by atoms with E-state index in [-0.39, 0.29) is 0 Å². The Kier molecular flexibility index (Phi) is 2.99. The molecule has 0 saturated heterocycles. The molecule has 19 heavy (non-hydrogen) atoms. The van der Waals surface area contributed by atoms with Crippen LogP contribution in [0.25, 0.3) is 11.1 Å². The lowest BCUT2D eigenvalue weighted by molar-refractivity contribution is 1.13. The summed E-state index contributed by atoms with van der Waals surface area (Å²) in [5.74, 6) is 0. The van der Waals surface area contributed by atoms with Crippen molar-refractivity contribution in [2.45, 2.75) is 0 Å². The Morgan fingerprint density at radius 1 is 1.05 bits per heavy atom. The maximum Gasteiger partial charge on any atom is 0.0850 e. The summed E-state index contributed by atoms with van der Waals surface area (Å²) in [6.07, 6.45) is 0. The molecule has 0 fully saturated rings. The number of hydrogen-bond acceptors (Lipinski definition) is 3. The number of anilines is 3. The molecule has 3 rings (SSSR count). The first-order valence-electron chi connectivity index (χ1n) is 6.25. The van der Waals surface area contributed by atoms with E-state index < -0.39 is 0 Å². The molecular weight excluding hydrogens is 258 g/mol. The van der Waals surface area contributed by atoms with Gasteiger partial charge in [-0.1, -0.05) is 29.8 Å². The number of halogens is 1. The maximum absolute atomic E-state index is 6.51. The van der Waals surface area contributed by atoms with E-state index in [1.165, 1.54) is 0 Å². The van der Waals surface area contributed by atoms with Gasteiger partial charge in [0, 0.05) is 19.7 Å². The van der Waals surface area contributed by atoms with Crippen molar-refractivity contribution in [1.29, 1.82) is 0 Å². The maximum atomic E-state index is 6.51. The van der Waals surface area contributed by atoms with Crippen LogP contribution in [-0.2, 0) is 0 Å². The van der Waals surface area contributed by atoms with E-state index in [2.05, 4.69) is 34.9 Å². The first-order chi connectivity index (χ1) is 9.16. The molecule has 0 atom stereocenters. The van der Waals surface area contributed by atoms with Gasteiger partial charge in [-0.25, -0.2) is 0 Å². The minimum atomic E-state index is 0.782. The molecule has 1 aliphatic heterocycles. The SMILES string of the molecule is CN(C)c1cccc(-c2ccc3c(c2)NCN3)c1Cl. The summed E-state index contributed by atoms with van der Waals surface area (Å²) in [7, 11) is 4.00. The molecule has 0 amide bonds. The van der Waals surface area contributed by atoms with Gasteiger partial charge < -0.3 is 15.5 Å². The number of benzene rings is 2. The molecule has 2 aromatic rings. The van der Waals surface area contributed by atoms with Crippen LogP contribution in [0.4, 0.5) is 17.1 Å². The molecule has 0 saturated carbocycles. The fourth-order valence-corrected chi connectivity index (χ4v) is 2.74. The molecule has 0 radical (unpaired) electrons.